The molecule has 3 heteroatoms. The molecule has 0 fully saturated rings. The van der Waals surface area contributed by atoms with Crippen molar-refractivity contribution in [1.29, 1.82) is 5.26 Å². The van der Waals surface area contributed by atoms with Gasteiger partial charge in [-0.25, -0.2) is 5.84 Å². The smallest absolute Gasteiger partial charge is 0.0991 e. The first kappa shape index (κ1) is 8.09. The van der Waals surface area contributed by atoms with Gasteiger partial charge in [0.1, 0.15) is 0 Å². The van der Waals surface area contributed by atoms with E-state index in [1.54, 1.807) is 5.01 Å². The lowest BCUT2D eigenvalue weighted by Gasteiger charge is -2.14. The van der Waals surface area contributed by atoms with Gasteiger partial charge in [-0.2, -0.15) is 5.26 Å². The molecule has 1 heterocycles. The van der Waals surface area contributed by atoms with E-state index in [0.717, 1.165) is 29.8 Å². The Hall–Kier alpha value is -1.53. The maximum Gasteiger partial charge on any atom is 0.0991 e. The number of hydrazine groups is 1. The number of benzene rings is 1. The van der Waals surface area contributed by atoms with Crippen molar-refractivity contribution in [3.8, 4) is 6.07 Å². The quantitative estimate of drug-likeness (QED) is 0.598. The molecule has 0 saturated carbocycles. The lowest BCUT2D eigenvalue weighted by atomic mass is 10.0. The molecular formula is C10H11N3. The molecule has 0 spiro atoms. The molecule has 1 aliphatic rings. The maximum absolute atomic E-state index is 8.76. The van der Waals surface area contributed by atoms with Gasteiger partial charge in [-0.1, -0.05) is 0 Å². The molecule has 0 atom stereocenters. The van der Waals surface area contributed by atoms with Crippen LogP contribution in [0.1, 0.15) is 16.7 Å². The first-order chi connectivity index (χ1) is 6.22. The Labute approximate surface area is 77.3 Å². The minimum Gasteiger partial charge on any atom is -0.310 e. The van der Waals surface area contributed by atoms with E-state index in [1.165, 1.54) is 5.56 Å². The molecule has 0 saturated heterocycles. The molecule has 2 N–H and O–H groups in total. The van der Waals surface area contributed by atoms with Gasteiger partial charge < -0.3 is 5.01 Å². The first-order valence-electron chi connectivity index (χ1n) is 4.28. The SMILES string of the molecule is Cc1cc(C#N)cc2c1N(N)CC2. The Morgan fingerprint density at radius 1 is 1.54 bits per heavy atom. The molecule has 66 valence electrons. The number of nitrogens with two attached hydrogens (primary N) is 1. The number of hydrogen-bond acceptors (Lipinski definition) is 3. The number of fused-ring (bicyclic) bond motifs is 1. The minimum atomic E-state index is 0.728. The van der Waals surface area contributed by atoms with Crippen molar-refractivity contribution in [2.24, 2.45) is 5.84 Å². The second-order valence-electron chi connectivity index (χ2n) is 3.36. The van der Waals surface area contributed by atoms with Gasteiger partial charge in [0.15, 0.2) is 0 Å². The third kappa shape index (κ3) is 1.16. The highest BCUT2D eigenvalue weighted by atomic mass is 15.4. The lowest BCUT2D eigenvalue weighted by Crippen LogP contribution is -2.28. The van der Waals surface area contributed by atoms with Gasteiger partial charge in [-0.3, -0.25) is 0 Å². The van der Waals surface area contributed by atoms with Gasteiger partial charge in [-0.05, 0) is 36.6 Å². The van der Waals surface area contributed by atoms with Crippen LogP contribution in [0.25, 0.3) is 0 Å². The van der Waals surface area contributed by atoms with E-state index in [0.29, 0.717) is 0 Å². The van der Waals surface area contributed by atoms with Crippen LogP contribution in [-0.2, 0) is 6.42 Å². The normalized spacial score (nSPS) is 14.1. The molecular weight excluding hydrogens is 162 g/mol. The summed E-state index contributed by atoms with van der Waals surface area (Å²) >= 11 is 0. The molecule has 1 aromatic carbocycles. The van der Waals surface area contributed by atoms with Gasteiger partial charge in [0.2, 0.25) is 0 Å². The Bertz CT molecular complexity index is 390. The molecule has 1 aliphatic heterocycles. The van der Waals surface area contributed by atoms with Crippen LogP contribution < -0.4 is 10.9 Å². The lowest BCUT2D eigenvalue weighted by molar-refractivity contribution is 0.889. The average molecular weight is 173 g/mol. The van der Waals surface area contributed by atoms with E-state index < -0.39 is 0 Å². The second kappa shape index (κ2) is 2.75. The van der Waals surface area contributed by atoms with E-state index in [2.05, 4.69) is 6.07 Å². The fourth-order valence-corrected chi connectivity index (χ4v) is 1.87. The second-order valence-corrected chi connectivity index (χ2v) is 3.36. The van der Waals surface area contributed by atoms with Crippen LogP contribution in [-0.4, -0.2) is 6.54 Å². The van der Waals surface area contributed by atoms with Crippen LogP contribution in [0.3, 0.4) is 0 Å². The van der Waals surface area contributed by atoms with Crippen LogP contribution in [0.4, 0.5) is 5.69 Å². The predicted octanol–water partition coefficient (Wildman–Crippen LogP) is 1.10. The topological polar surface area (TPSA) is 53.0 Å². The molecule has 1 aromatic rings. The van der Waals surface area contributed by atoms with Gasteiger partial charge in [0.05, 0.1) is 17.3 Å². The zero-order chi connectivity index (χ0) is 9.42. The van der Waals surface area contributed by atoms with Crippen molar-refractivity contribution in [2.75, 3.05) is 11.6 Å². The van der Waals surface area contributed by atoms with Crippen molar-refractivity contribution in [3.63, 3.8) is 0 Å². The summed E-state index contributed by atoms with van der Waals surface area (Å²) in [5, 5.41) is 10.5. The molecule has 2 rings (SSSR count). The van der Waals surface area contributed by atoms with Gasteiger partial charge in [0, 0.05) is 6.54 Å². The monoisotopic (exact) mass is 173 g/mol. The highest BCUT2D eigenvalue weighted by Gasteiger charge is 2.18. The maximum atomic E-state index is 8.76. The number of hydrogen-bond donors (Lipinski definition) is 1. The Kier molecular flexibility index (Phi) is 1.71. The summed E-state index contributed by atoms with van der Waals surface area (Å²) in [6, 6.07) is 5.96. The molecule has 0 radical (unpaired) electrons. The van der Waals surface area contributed by atoms with Crippen LogP contribution in [0.2, 0.25) is 0 Å². The Morgan fingerprint density at radius 3 is 3.00 bits per heavy atom. The molecule has 0 aliphatic carbocycles. The van der Waals surface area contributed by atoms with E-state index in [-0.39, 0.29) is 0 Å². The zero-order valence-electron chi connectivity index (χ0n) is 7.54. The minimum absolute atomic E-state index is 0.728. The summed E-state index contributed by atoms with van der Waals surface area (Å²) in [5.74, 6) is 5.79. The van der Waals surface area contributed by atoms with E-state index in [4.69, 9.17) is 11.1 Å². The fraction of sp³-hybridized carbons (Fsp3) is 0.300. The molecule has 0 bridgehead atoms. The van der Waals surface area contributed by atoms with E-state index in [9.17, 15) is 0 Å². The molecule has 3 nitrogen and oxygen atoms in total. The number of rotatable bonds is 0. The van der Waals surface area contributed by atoms with E-state index >= 15 is 0 Å². The van der Waals surface area contributed by atoms with Crippen LogP contribution in [0, 0.1) is 18.3 Å². The van der Waals surface area contributed by atoms with Crippen LogP contribution >= 0.6 is 0 Å². The average Bonchev–Trinajstić information content (AvgIpc) is 2.48. The van der Waals surface area contributed by atoms with Gasteiger partial charge >= 0.3 is 0 Å². The van der Waals surface area contributed by atoms with Crippen molar-refractivity contribution in [2.45, 2.75) is 13.3 Å². The van der Waals surface area contributed by atoms with Crippen LogP contribution in [0.15, 0.2) is 12.1 Å². The van der Waals surface area contributed by atoms with Crippen molar-refractivity contribution in [3.05, 3.63) is 28.8 Å². The van der Waals surface area contributed by atoms with E-state index in [1.807, 2.05) is 19.1 Å². The summed E-state index contributed by atoms with van der Waals surface area (Å²) in [4.78, 5) is 0. The molecule has 0 aromatic heterocycles. The zero-order valence-corrected chi connectivity index (χ0v) is 7.54. The summed E-state index contributed by atoms with van der Waals surface area (Å²) < 4.78 is 0. The predicted molar refractivity (Wildman–Crippen MR) is 51.1 cm³/mol. The Balaban J connectivity index is 2.61. The number of nitriles is 1. The third-order valence-electron chi connectivity index (χ3n) is 2.42. The first-order valence-corrected chi connectivity index (χ1v) is 4.28. The highest BCUT2D eigenvalue weighted by molar-refractivity contribution is 5.64. The van der Waals surface area contributed by atoms with Crippen molar-refractivity contribution < 1.29 is 0 Å². The number of aryl methyl sites for hydroxylation is 1. The third-order valence-corrected chi connectivity index (χ3v) is 2.42. The fourth-order valence-electron chi connectivity index (χ4n) is 1.87. The Morgan fingerprint density at radius 2 is 2.31 bits per heavy atom. The molecule has 0 amide bonds. The number of anilines is 1. The number of nitrogens with zero attached hydrogens (tertiary/aromatic N) is 2. The standard InChI is InChI=1S/C10H11N3/c1-7-4-8(6-11)5-9-2-3-13(12)10(7)9/h4-5H,2-3,12H2,1H3. The van der Waals surface area contributed by atoms with Gasteiger partial charge in [0.25, 0.3) is 0 Å². The largest absolute Gasteiger partial charge is 0.310 e. The van der Waals surface area contributed by atoms with Crippen molar-refractivity contribution in [1.82, 2.24) is 0 Å². The molecule has 13 heavy (non-hydrogen) atoms. The van der Waals surface area contributed by atoms with Gasteiger partial charge in [-0.15, -0.1) is 0 Å². The van der Waals surface area contributed by atoms with Crippen LogP contribution in [0.5, 0.6) is 0 Å². The van der Waals surface area contributed by atoms with Crippen molar-refractivity contribution >= 4 is 5.69 Å². The summed E-state index contributed by atoms with van der Waals surface area (Å²) in [5.41, 5.74) is 4.11. The molecule has 0 unspecified atom stereocenters. The highest BCUT2D eigenvalue weighted by Crippen LogP contribution is 2.30. The summed E-state index contributed by atoms with van der Waals surface area (Å²) in [6.45, 7) is 2.84. The summed E-state index contributed by atoms with van der Waals surface area (Å²) in [6.07, 6.45) is 0.947. The summed E-state index contributed by atoms with van der Waals surface area (Å²) in [7, 11) is 0.